The molecule has 3 N–H and O–H groups in total. The summed E-state index contributed by atoms with van der Waals surface area (Å²) in [6, 6.07) is 12.3. The van der Waals surface area contributed by atoms with Crippen molar-refractivity contribution in [2.24, 2.45) is 5.73 Å². The Hall–Kier alpha value is -1.03. The van der Waals surface area contributed by atoms with Gasteiger partial charge in [0.05, 0.1) is 10.4 Å². The zero-order valence-electron chi connectivity index (χ0n) is 9.61. The quantitative estimate of drug-likeness (QED) is 0.883. The third-order valence-corrected chi connectivity index (χ3v) is 3.88. The summed E-state index contributed by atoms with van der Waals surface area (Å²) in [4.78, 5) is 1.17. The van der Waals surface area contributed by atoms with Crippen LogP contribution in [0, 0.1) is 6.92 Å². The summed E-state index contributed by atoms with van der Waals surface area (Å²) in [7, 11) is 0. The SMILES string of the molecule is Cc1cccc(NC(CN)c2ccc(Cl)s2)c1. The van der Waals surface area contributed by atoms with Gasteiger partial charge in [0.15, 0.2) is 0 Å². The van der Waals surface area contributed by atoms with E-state index in [1.54, 1.807) is 11.3 Å². The standard InChI is InChI=1S/C13H15ClN2S/c1-9-3-2-4-10(7-9)16-11(8-15)12-5-6-13(14)17-12/h2-7,11,16H,8,15H2,1H3. The molecule has 0 aliphatic rings. The van der Waals surface area contributed by atoms with Crippen LogP contribution in [0.2, 0.25) is 4.34 Å². The molecule has 4 heteroatoms. The smallest absolute Gasteiger partial charge is 0.0932 e. The Morgan fingerprint density at radius 1 is 1.35 bits per heavy atom. The van der Waals surface area contributed by atoms with Gasteiger partial charge in [-0.05, 0) is 36.8 Å². The van der Waals surface area contributed by atoms with Gasteiger partial charge in [-0.25, -0.2) is 0 Å². The van der Waals surface area contributed by atoms with Crippen LogP contribution in [-0.2, 0) is 0 Å². The van der Waals surface area contributed by atoms with Crippen molar-refractivity contribution in [3.63, 3.8) is 0 Å². The molecule has 0 saturated heterocycles. The second kappa shape index (κ2) is 5.54. The average molecular weight is 267 g/mol. The lowest BCUT2D eigenvalue weighted by molar-refractivity contribution is 0.806. The molecule has 2 nitrogen and oxygen atoms in total. The molecule has 0 aliphatic heterocycles. The molecule has 1 atom stereocenters. The van der Waals surface area contributed by atoms with Crippen LogP contribution >= 0.6 is 22.9 Å². The molecular formula is C13H15ClN2S. The third-order valence-electron chi connectivity index (χ3n) is 2.53. The zero-order valence-corrected chi connectivity index (χ0v) is 11.2. The van der Waals surface area contributed by atoms with Crippen LogP contribution in [-0.4, -0.2) is 6.54 Å². The summed E-state index contributed by atoms with van der Waals surface area (Å²) in [6.45, 7) is 2.62. The van der Waals surface area contributed by atoms with Gasteiger partial charge in [-0.1, -0.05) is 23.7 Å². The Balaban J connectivity index is 2.15. The van der Waals surface area contributed by atoms with Gasteiger partial charge in [0.1, 0.15) is 0 Å². The number of nitrogens with one attached hydrogen (secondary N) is 1. The fourth-order valence-electron chi connectivity index (χ4n) is 1.70. The zero-order chi connectivity index (χ0) is 12.3. The molecule has 2 aromatic rings. The lowest BCUT2D eigenvalue weighted by Gasteiger charge is -2.17. The Morgan fingerprint density at radius 2 is 2.18 bits per heavy atom. The Kier molecular flexibility index (Phi) is 4.05. The topological polar surface area (TPSA) is 38.0 Å². The number of hydrogen-bond donors (Lipinski definition) is 2. The van der Waals surface area contributed by atoms with Crippen molar-refractivity contribution in [2.75, 3.05) is 11.9 Å². The van der Waals surface area contributed by atoms with Crippen molar-refractivity contribution in [1.29, 1.82) is 0 Å². The number of benzene rings is 1. The number of hydrogen-bond acceptors (Lipinski definition) is 3. The molecule has 2 rings (SSSR count). The predicted octanol–water partition coefficient (Wildman–Crippen LogP) is 3.82. The van der Waals surface area contributed by atoms with E-state index in [2.05, 4.69) is 24.4 Å². The summed E-state index contributed by atoms with van der Waals surface area (Å²) in [5.41, 5.74) is 8.12. The van der Waals surface area contributed by atoms with Crippen LogP contribution in [0.15, 0.2) is 36.4 Å². The number of aryl methyl sites for hydroxylation is 1. The fraction of sp³-hybridized carbons (Fsp3) is 0.231. The maximum atomic E-state index is 5.94. The molecule has 1 aromatic heterocycles. The first kappa shape index (κ1) is 12.4. The van der Waals surface area contributed by atoms with Crippen molar-refractivity contribution in [3.05, 3.63) is 51.2 Å². The monoisotopic (exact) mass is 266 g/mol. The third kappa shape index (κ3) is 3.22. The second-order valence-electron chi connectivity index (χ2n) is 3.94. The van der Waals surface area contributed by atoms with E-state index in [0.29, 0.717) is 6.54 Å². The maximum Gasteiger partial charge on any atom is 0.0932 e. The molecule has 0 aliphatic carbocycles. The van der Waals surface area contributed by atoms with Crippen LogP contribution in [0.25, 0.3) is 0 Å². The highest BCUT2D eigenvalue weighted by Gasteiger charge is 2.11. The van der Waals surface area contributed by atoms with E-state index in [4.69, 9.17) is 17.3 Å². The summed E-state index contributed by atoms with van der Waals surface area (Å²) in [6.07, 6.45) is 0. The van der Waals surface area contributed by atoms with Crippen molar-refractivity contribution >= 4 is 28.6 Å². The lowest BCUT2D eigenvalue weighted by Crippen LogP contribution is -2.19. The average Bonchev–Trinajstić information content (AvgIpc) is 2.73. The van der Waals surface area contributed by atoms with Crippen molar-refractivity contribution in [1.82, 2.24) is 0 Å². The minimum absolute atomic E-state index is 0.120. The molecular weight excluding hydrogens is 252 g/mol. The van der Waals surface area contributed by atoms with Gasteiger partial charge in [0.2, 0.25) is 0 Å². The van der Waals surface area contributed by atoms with E-state index in [1.165, 1.54) is 10.4 Å². The molecule has 90 valence electrons. The van der Waals surface area contributed by atoms with Gasteiger partial charge in [-0.2, -0.15) is 0 Å². The molecule has 1 heterocycles. The van der Waals surface area contributed by atoms with Gasteiger partial charge in [0, 0.05) is 17.1 Å². The first-order chi connectivity index (χ1) is 8.19. The maximum absolute atomic E-state index is 5.94. The Labute approximate surface area is 110 Å². The van der Waals surface area contributed by atoms with E-state index < -0.39 is 0 Å². The van der Waals surface area contributed by atoms with Crippen LogP contribution in [0.3, 0.4) is 0 Å². The highest BCUT2D eigenvalue weighted by Crippen LogP contribution is 2.28. The minimum atomic E-state index is 0.120. The van der Waals surface area contributed by atoms with Crippen LogP contribution in [0.5, 0.6) is 0 Å². The van der Waals surface area contributed by atoms with Crippen LogP contribution in [0.1, 0.15) is 16.5 Å². The first-order valence-corrected chi connectivity index (χ1v) is 6.67. The highest BCUT2D eigenvalue weighted by molar-refractivity contribution is 7.16. The van der Waals surface area contributed by atoms with Crippen LogP contribution < -0.4 is 11.1 Å². The second-order valence-corrected chi connectivity index (χ2v) is 5.69. The number of nitrogens with two attached hydrogens (primary N) is 1. The summed E-state index contributed by atoms with van der Waals surface area (Å²) < 4.78 is 0.796. The molecule has 0 amide bonds. The number of thiophene rings is 1. The fourth-order valence-corrected chi connectivity index (χ4v) is 2.82. The molecule has 0 saturated carbocycles. The van der Waals surface area contributed by atoms with Crippen molar-refractivity contribution < 1.29 is 0 Å². The normalized spacial score (nSPS) is 12.4. The van der Waals surface area contributed by atoms with E-state index in [9.17, 15) is 0 Å². The summed E-state index contributed by atoms with van der Waals surface area (Å²) in [5, 5.41) is 3.43. The molecule has 0 bridgehead atoms. The molecule has 1 aromatic carbocycles. The molecule has 1 unspecified atom stereocenters. The highest BCUT2D eigenvalue weighted by atomic mass is 35.5. The predicted molar refractivity (Wildman–Crippen MR) is 75.9 cm³/mol. The molecule has 0 fully saturated rings. The molecule has 17 heavy (non-hydrogen) atoms. The summed E-state index contributed by atoms with van der Waals surface area (Å²) >= 11 is 7.51. The largest absolute Gasteiger partial charge is 0.376 e. The van der Waals surface area contributed by atoms with E-state index in [0.717, 1.165) is 10.0 Å². The molecule has 0 spiro atoms. The first-order valence-electron chi connectivity index (χ1n) is 5.47. The number of anilines is 1. The number of halogens is 1. The number of rotatable bonds is 4. The van der Waals surface area contributed by atoms with E-state index >= 15 is 0 Å². The lowest BCUT2D eigenvalue weighted by atomic mass is 10.2. The van der Waals surface area contributed by atoms with Gasteiger partial charge < -0.3 is 11.1 Å². The van der Waals surface area contributed by atoms with Gasteiger partial charge >= 0.3 is 0 Å². The summed E-state index contributed by atoms with van der Waals surface area (Å²) in [5.74, 6) is 0. The molecule has 0 radical (unpaired) electrons. The van der Waals surface area contributed by atoms with E-state index in [1.807, 2.05) is 24.3 Å². The minimum Gasteiger partial charge on any atom is -0.376 e. The van der Waals surface area contributed by atoms with Gasteiger partial charge in [-0.3, -0.25) is 0 Å². The van der Waals surface area contributed by atoms with Crippen molar-refractivity contribution in [2.45, 2.75) is 13.0 Å². The van der Waals surface area contributed by atoms with Crippen molar-refractivity contribution in [3.8, 4) is 0 Å². The van der Waals surface area contributed by atoms with Gasteiger partial charge in [0.25, 0.3) is 0 Å². The Bertz CT molecular complexity index is 496. The Morgan fingerprint density at radius 3 is 2.76 bits per heavy atom. The van der Waals surface area contributed by atoms with Gasteiger partial charge in [-0.15, -0.1) is 11.3 Å². The van der Waals surface area contributed by atoms with Crippen LogP contribution in [0.4, 0.5) is 5.69 Å². The van der Waals surface area contributed by atoms with E-state index in [-0.39, 0.29) is 6.04 Å².